The van der Waals surface area contributed by atoms with Gasteiger partial charge in [-0.3, -0.25) is 4.68 Å². The Labute approximate surface area is 91.1 Å². The van der Waals surface area contributed by atoms with Gasteiger partial charge in [0.25, 0.3) is 0 Å². The molecular formula is C12H19N3. The molecule has 1 aliphatic carbocycles. The van der Waals surface area contributed by atoms with Gasteiger partial charge < -0.3 is 4.90 Å². The first-order chi connectivity index (χ1) is 7.16. The maximum atomic E-state index is 4.52. The van der Waals surface area contributed by atoms with Crippen molar-refractivity contribution in [2.75, 3.05) is 13.1 Å². The molecule has 0 aromatic carbocycles. The molecule has 3 heteroatoms. The summed E-state index contributed by atoms with van der Waals surface area (Å²) in [4.78, 5) is 2.59. The zero-order valence-electron chi connectivity index (χ0n) is 9.72. The second-order valence-electron chi connectivity index (χ2n) is 5.30. The lowest BCUT2D eigenvalue weighted by Crippen LogP contribution is -2.31. The molecule has 2 fully saturated rings. The molecule has 2 heterocycles. The van der Waals surface area contributed by atoms with Gasteiger partial charge >= 0.3 is 0 Å². The monoisotopic (exact) mass is 205 g/mol. The third kappa shape index (κ3) is 1.41. The van der Waals surface area contributed by atoms with Crippen molar-refractivity contribution in [2.45, 2.75) is 32.9 Å². The van der Waals surface area contributed by atoms with Crippen molar-refractivity contribution in [2.24, 2.45) is 11.8 Å². The predicted octanol–water partition coefficient (Wildman–Crippen LogP) is 1.70. The van der Waals surface area contributed by atoms with Crippen molar-refractivity contribution in [3.8, 4) is 0 Å². The number of hydrogen-bond donors (Lipinski definition) is 0. The van der Waals surface area contributed by atoms with Gasteiger partial charge in [-0.1, -0.05) is 0 Å². The Bertz CT molecular complexity index is 357. The van der Waals surface area contributed by atoms with E-state index in [-0.39, 0.29) is 0 Å². The largest absolute Gasteiger partial charge is 0.300 e. The molecule has 0 radical (unpaired) electrons. The molecule has 2 atom stereocenters. The molecule has 0 N–H and O–H groups in total. The van der Waals surface area contributed by atoms with E-state index in [0.717, 1.165) is 17.5 Å². The predicted molar refractivity (Wildman–Crippen MR) is 59.7 cm³/mol. The van der Waals surface area contributed by atoms with Crippen LogP contribution in [0.3, 0.4) is 0 Å². The molecule has 1 saturated heterocycles. The number of likely N-dealkylation sites (tertiary alicyclic amines) is 1. The second-order valence-corrected chi connectivity index (χ2v) is 5.30. The third-order valence-corrected chi connectivity index (χ3v) is 3.95. The highest BCUT2D eigenvalue weighted by molar-refractivity contribution is 5.10. The van der Waals surface area contributed by atoms with Crippen LogP contribution in [0.15, 0.2) is 12.3 Å². The van der Waals surface area contributed by atoms with E-state index in [9.17, 15) is 0 Å². The Morgan fingerprint density at radius 2 is 2.00 bits per heavy atom. The molecule has 0 spiro atoms. The maximum absolute atomic E-state index is 4.52. The molecule has 0 amide bonds. The summed E-state index contributed by atoms with van der Waals surface area (Å²) in [6.45, 7) is 9.18. The molecular weight excluding hydrogens is 186 g/mol. The molecule has 0 bridgehead atoms. The van der Waals surface area contributed by atoms with Crippen LogP contribution in [0.5, 0.6) is 0 Å². The number of hydrogen-bond acceptors (Lipinski definition) is 2. The molecule has 1 saturated carbocycles. The lowest BCUT2D eigenvalue weighted by atomic mass is 10.3. The number of fused-ring (bicyclic) bond motifs is 1. The van der Waals surface area contributed by atoms with Gasteiger partial charge in [0.2, 0.25) is 0 Å². The third-order valence-electron chi connectivity index (χ3n) is 3.95. The average Bonchev–Trinajstić information content (AvgIpc) is 2.62. The molecule has 82 valence electrons. The van der Waals surface area contributed by atoms with Crippen LogP contribution in [0, 0.1) is 18.8 Å². The van der Waals surface area contributed by atoms with Crippen molar-refractivity contribution in [3.05, 3.63) is 18.0 Å². The fourth-order valence-corrected chi connectivity index (χ4v) is 2.94. The topological polar surface area (TPSA) is 21.1 Å². The maximum Gasteiger partial charge on any atom is 0.0607 e. The van der Waals surface area contributed by atoms with Crippen molar-refractivity contribution in [1.82, 2.24) is 14.7 Å². The van der Waals surface area contributed by atoms with Crippen molar-refractivity contribution >= 4 is 0 Å². The van der Waals surface area contributed by atoms with Crippen LogP contribution in [0.25, 0.3) is 0 Å². The Kier molecular flexibility index (Phi) is 1.93. The van der Waals surface area contributed by atoms with Crippen LogP contribution in [0.2, 0.25) is 0 Å². The van der Waals surface area contributed by atoms with Gasteiger partial charge in [-0.05, 0) is 26.8 Å². The molecule has 2 unspecified atom stereocenters. The number of nitrogens with zero attached hydrogens (tertiary/aromatic N) is 3. The van der Waals surface area contributed by atoms with Gasteiger partial charge in [0, 0.05) is 37.2 Å². The summed E-state index contributed by atoms with van der Waals surface area (Å²) in [5, 5.41) is 4.52. The highest BCUT2D eigenvalue weighted by Gasteiger charge is 2.57. The minimum Gasteiger partial charge on any atom is -0.300 e. The van der Waals surface area contributed by atoms with E-state index in [2.05, 4.69) is 47.7 Å². The highest BCUT2D eigenvalue weighted by atomic mass is 15.3. The van der Waals surface area contributed by atoms with Gasteiger partial charge in [-0.25, -0.2) is 0 Å². The summed E-state index contributed by atoms with van der Waals surface area (Å²) in [5.74, 6) is 1.73. The summed E-state index contributed by atoms with van der Waals surface area (Å²) in [7, 11) is 0. The highest BCUT2D eigenvalue weighted by Crippen LogP contribution is 2.55. The fourth-order valence-electron chi connectivity index (χ4n) is 2.94. The van der Waals surface area contributed by atoms with Crippen LogP contribution in [0.1, 0.15) is 25.6 Å². The molecule has 15 heavy (non-hydrogen) atoms. The second kappa shape index (κ2) is 3.08. The van der Waals surface area contributed by atoms with E-state index in [1.54, 1.807) is 0 Å². The Morgan fingerprint density at radius 3 is 2.47 bits per heavy atom. The first-order valence-electron chi connectivity index (χ1n) is 5.92. The van der Waals surface area contributed by atoms with Gasteiger partial charge in [0.15, 0.2) is 0 Å². The summed E-state index contributed by atoms with van der Waals surface area (Å²) >= 11 is 0. The number of aromatic nitrogens is 2. The standard InChI is InChI=1S/C12H19N3/c1-8(2)14-6-10-11(7-14)12(10)15-5-4-9(3)13-15/h4-5,8,10-12H,6-7H2,1-3H3. The van der Waals surface area contributed by atoms with Gasteiger partial charge in [0.1, 0.15) is 0 Å². The van der Waals surface area contributed by atoms with E-state index in [1.807, 2.05) is 0 Å². The van der Waals surface area contributed by atoms with Gasteiger partial charge in [-0.2, -0.15) is 5.10 Å². The minimum absolute atomic E-state index is 0.702. The van der Waals surface area contributed by atoms with Crippen LogP contribution in [-0.4, -0.2) is 33.8 Å². The fraction of sp³-hybridized carbons (Fsp3) is 0.750. The summed E-state index contributed by atoms with van der Waals surface area (Å²) < 4.78 is 2.18. The van der Waals surface area contributed by atoms with Crippen LogP contribution < -0.4 is 0 Å². The number of piperidine rings is 1. The molecule has 3 rings (SSSR count). The molecule has 2 aliphatic rings. The number of rotatable bonds is 2. The zero-order valence-corrected chi connectivity index (χ0v) is 9.72. The summed E-state index contributed by atoms with van der Waals surface area (Å²) in [5.41, 5.74) is 1.14. The van der Waals surface area contributed by atoms with Crippen molar-refractivity contribution in [1.29, 1.82) is 0 Å². The Morgan fingerprint density at radius 1 is 1.33 bits per heavy atom. The van der Waals surface area contributed by atoms with Crippen LogP contribution in [0.4, 0.5) is 0 Å². The van der Waals surface area contributed by atoms with Crippen LogP contribution >= 0.6 is 0 Å². The molecule has 3 nitrogen and oxygen atoms in total. The average molecular weight is 205 g/mol. The smallest absolute Gasteiger partial charge is 0.0607 e. The quantitative estimate of drug-likeness (QED) is 0.733. The molecule has 1 aromatic heterocycles. The van der Waals surface area contributed by atoms with E-state index in [1.165, 1.54) is 13.1 Å². The minimum atomic E-state index is 0.702. The molecule has 1 aromatic rings. The molecule has 1 aliphatic heterocycles. The number of aryl methyl sites for hydroxylation is 1. The van der Waals surface area contributed by atoms with Gasteiger partial charge in [0.05, 0.1) is 11.7 Å². The normalized spacial score (nSPS) is 34.8. The lowest BCUT2D eigenvalue weighted by Gasteiger charge is -2.23. The first-order valence-corrected chi connectivity index (χ1v) is 5.92. The summed E-state index contributed by atoms with van der Waals surface area (Å²) in [6.07, 6.45) is 2.14. The van der Waals surface area contributed by atoms with Gasteiger partial charge in [-0.15, -0.1) is 0 Å². The van der Waals surface area contributed by atoms with Crippen LogP contribution in [-0.2, 0) is 0 Å². The Hall–Kier alpha value is -0.830. The van der Waals surface area contributed by atoms with Crippen molar-refractivity contribution < 1.29 is 0 Å². The Balaban J connectivity index is 1.68. The van der Waals surface area contributed by atoms with E-state index in [0.29, 0.717) is 12.1 Å². The van der Waals surface area contributed by atoms with Crippen molar-refractivity contribution in [3.63, 3.8) is 0 Å². The van der Waals surface area contributed by atoms with E-state index >= 15 is 0 Å². The van der Waals surface area contributed by atoms with E-state index in [4.69, 9.17) is 0 Å². The first kappa shape index (κ1) is 9.40. The zero-order chi connectivity index (χ0) is 10.6. The lowest BCUT2D eigenvalue weighted by molar-refractivity contribution is 0.231. The van der Waals surface area contributed by atoms with E-state index < -0.39 is 0 Å². The SMILES string of the molecule is Cc1ccn(C2C3CN(C(C)C)CC32)n1. The summed E-state index contributed by atoms with van der Waals surface area (Å²) in [6, 6.07) is 3.51.